The SMILES string of the molecule is Cc1cc(C)cc(-c2cc(NC(=O)CN3CCCC3=O)n[nH]2)c1. The Hall–Kier alpha value is -2.63. The van der Waals surface area contributed by atoms with Crippen molar-refractivity contribution in [2.45, 2.75) is 26.7 Å². The van der Waals surface area contributed by atoms with E-state index in [1.807, 2.05) is 13.8 Å². The van der Waals surface area contributed by atoms with Gasteiger partial charge in [0.2, 0.25) is 11.8 Å². The molecule has 120 valence electrons. The van der Waals surface area contributed by atoms with E-state index < -0.39 is 0 Å². The number of carbonyl (C=O) groups is 2. The number of aromatic amines is 1. The Morgan fingerprint density at radius 1 is 1.26 bits per heavy atom. The van der Waals surface area contributed by atoms with E-state index in [4.69, 9.17) is 0 Å². The molecule has 1 aliphatic heterocycles. The van der Waals surface area contributed by atoms with Crippen LogP contribution in [0.15, 0.2) is 24.3 Å². The molecule has 1 aliphatic rings. The number of nitrogens with zero attached hydrogens (tertiary/aromatic N) is 2. The molecule has 2 N–H and O–H groups in total. The van der Waals surface area contributed by atoms with Crippen molar-refractivity contribution in [2.75, 3.05) is 18.4 Å². The van der Waals surface area contributed by atoms with E-state index in [0.29, 0.717) is 18.8 Å². The van der Waals surface area contributed by atoms with Crippen molar-refractivity contribution >= 4 is 17.6 Å². The second kappa shape index (κ2) is 6.24. The minimum atomic E-state index is -0.223. The molecule has 0 radical (unpaired) electrons. The van der Waals surface area contributed by atoms with Crippen LogP contribution in [0.4, 0.5) is 5.82 Å². The molecule has 0 atom stereocenters. The van der Waals surface area contributed by atoms with Gasteiger partial charge in [-0.15, -0.1) is 0 Å². The van der Waals surface area contributed by atoms with Gasteiger partial charge in [0.1, 0.15) is 0 Å². The highest BCUT2D eigenvalue weighted by molar-refractivity contribution is 5.94. The summed E-state index contributed by atoms with van der Waals surface area (Å²) in [5.41, 5.74) is 4.23. The summed E-state index contributed by atoms with van der Waals surface area (Å²) >= 11 is 0. The molecular formula is C17H20N4O2. The second-order valence-electron chi connectivity index (χ2n) is 6.01. The minimum Gasteiger partial charge on any atom is -0.333 e. The third-order valence-electron chi connectivity index (χ3n) is 3.88. The molecule has 0 aliphatic carbocycles. The number of aryl methyl sites for hydroxylation is 2. The van der Waals surface area contributed by atoms with Crippen LogP contribution in [0.1, 0.15) is 24.0 Å². The van der Waals surface area contributed by atoms with Gasteiger partial charge in [-0.05, 0) is 32.4 Å². The van der Waals surface area contributed by atoms with Crippen LogP contribution >= 0.6 is 0 Å². The lowest BCUT2D eigenvalue weighted by atomic mass is 10.1. The molecular weight excluding hydrogens is 292 g/mol. The molecule has 2 amide bonds. The summed E-state index contributed by atoms with van der Waals surface area (Å²) in [6.07, 6.45) is 1.36. The Bertz CT molecular complexity index is 731. The third-order valence-corrected chi connectivity index (χ3v) is 3.88. The van der Waals surface area contributed by atoms with E-state index in [1.54, 1.807) is 11.0 Å². The van der Waals surface area contributed by atoms with Crippen LogP contribution in [-0.4, -0.2) is 40.0 Å². The lowest BCUT2D eigenvalue weighted by Gasteiger charge is -2.13. The molecule has 6 heteroatoms. The molecule has 0 saturated carbocycles. The van der Waals surface area contributed by atoms with Gasteiger partial charge in [-0.2, -0.15) is 5.10 Å². The number of likely N-dealkylation sites (tertiary alicyclic amines) is 1. The molecule has 0 bridgehead atoms. The fraction of sp³-hybridized carbons (Fsp3) is 0.353. The van der Waals surface area contributed by atoms with Gasteiger partial charge < -0.3 is 10.2 Å². The topological polar surface area (TPSA) is 78.1 Å². The molecule has 2 heterocycles. The summed E-state index contributed by atoms with van der Waals surface area (Å²) in [6, 6.07) is 8.04. The fourth-order valence-corrected chi connectivity index (χ4v) is 2.89. The lowest BCUT2D eigenvalue weighted by molar-refractivity contribution is -0.131. The molecule has 23 heavy (non-hydrogen) atoms. The first-order valence-corrected chi connectivity index (χ1v) is 7.73. The van der Waals surface area contributed by atoms with Crippen molar-refractivity contribution in [3.05, 3.63) is 35.4 Å². The first-order chi connectivity index (χ1) is 11.0. The summed E-state index contributed by atoms with van der Waals surface area (Å²) in [6.45, 7) is 4.83. The molecule has 6 nitrogen and oxygen atoms in total. The van der Waals surface area contributed by atoms with Crippen LogP contribution in [0, 0.1) is 13.8 Å². The normalized spacial score (nSPS) is 14.3. The maximum absolute atomic E-state index is 12.0. The second-order valence-corrected chi connectivity index (χ2v) is 6.01. The van der Waals surface area contributed by atoms with E-state index in [0.717, 1.165) is 17.7 Å². The number of anilines is 1. The van der Waals surface area contributed by atoms with Crippen LogP contribution in [-0.2, 0) is 9.59 Å². The van der Waals surface area contributed by atoms with Gasteiger partial charge in [0.15, 0.2) is 5.82 Å². The molecule has 1 aromatic carbocycles. The van der Waals surface area contributed by atoms with Crippen molar-refractivity contribution in [1.82, 2.24) is 15.1 Å². The maximum atomic E-state index is 12.0. The summed E-state index contributed by atoms with van der Waals surface area (Å²) < 4.78 is 0. The highest BCUT2D eigenvalue weighted by Crippen LogP contribution is 2.22. The molecule has 1 fully saturated rings. The van der Waals surface area contributed by atoms with Gasteiger partial charge >= 0.3 is 0 Å². The lowest BCUT2D eigenvalue weighted by Crippen LogP contribution is -2.34. The van der Waals surface area contributed by atoms with E-state index in [1.165, 1.54) is 11.1 Å². The first kappa shape index (κ1) is 15.3. The van der Waals surface area contributed by atoms with Crippen molar-refractivity contribution in [3.8, 4) is 11.3 Å². The first-order valence-electron chi connectivity index (χ1n) is 7.73. The smallest absolute Gasteiger partial charge is 0.245 e. The standard InChI is InChI=1S/C17H20N4O2/c1-11-6-12(2)8-13(7-11)14-9-15(20-19-14)18-16(22)10-21-5-3-4-17(21)23/h6-9H,3-5,10H2,1-2H3,(H2,18,19,20,22). The van der Waals surface area contributed by atoms with E-state index in [2.05, 4.69) is 33.7 Å². The maximum Gasteiger partial charge on any atom is 0.245 e. The summed E-state index contributed by atoms with van der Waals surface area (Å²) in [4.78, 5) is 25.1. The molecule has 3 rings (SSSR count). The third kappa shape index (κ3) is 3.59. The number of amides is 2. The van der Waals surface area contributed by atoms with Crippen molar-refractivity contribution in [1.29, 1.82) is 0 Å². The highest BCUT2D eigenvalue weighted by atomic mass is 16.2. The average Bonchev–Trinajstić information content (AvgIpc) is 3.08. The van der Waals surface area contributed by atoms with Gasteiger partial charge in [-0.3, -0.25) is 14.7 Å². The zero-order valence-corrected chi connectivity index (χ0v) is 13.3. The van der Waals surface area contributed by atoms with Crippen molar-refractivity contribution in [2.24, 2.45) is 0 Å². The Balaban J connectivity index is 1.67. The zero-order chi connectivity index (χ0) is 16.4. The summed E-state index contributed by atoms with van der Waals surface area (Å²) in [5, 5.41) is 9.80. The highest BCUT2D eigenvalue weighted by Gasteiger charge is 2.22. The number of hydrogen-bond acceptors (Lipinski definition) is 3. The number of benzene rings is 1. The number of hydrogen-bond donors (Lipinski definition) is 2. The van der Waals surface area contributed by atoms with Gasteiger partial charge in [0.25, 0.3) is 0 Å². The molecule has 1 saturated heterocycles. The van der Waals surface area contributed by atoms with E-state index in [-0.39, 0.29) is 18.4 Å². The van der Waals surface area contributed by atoms with Crippen molar-refractivity contribution in [3.63, 3.8) is 0 Å². The molecule has 1 aromatic heterocycles. The van der Waals surface area contributed by atoms with Gasteiger partial charge in [0.05, 0.1) is 12.2 Å². The number of rotatable bonds is 4. The zero-order valence-electron chi connectivity index (χ0n) is 13.3. The largest absolute Gasteiger partial charge is 0.333 e. The number of aromatic nitrogens is 2. The predicted molar refractivity (Wildman–Crippen MR) is 87.9 cm³/mol. The van der Waals surface area contributed by atoms with Gasteiger partial charge in [-0.25, -0.2) is 0 Å². The quantitative estimate of drug-likeness (QED) is 0.909. The number of nitrogens with one attached hydrogen (secondary N) is 2. The Kier molecular flexibility index (Phi) is 4.14. The van der Waals surface area contributed by atoms with Crippen LogP contribution in [0.2, 0.25) is 0 Å². The Morgan fingerprint density at radius 3 is 2.65 bits per heavy atom. The Morgan fingerprint density at radius 2 is 2.00 bits per heavy atom. The predicted octanol–water partition coefficient (Wildman–Crippen LogP) is 2.25. The van der Waals surface area contributed by atoms with E-state index >= 15 is 0 Å². The monoisotopic (exact) mass is 312 g/mol. The fourth-order valence-electron chi connectivity index (χ4n) is 2.89. The van der Waals surface area contributed by atoms with Crippen molar-refractivity contribution < 1.29 is 9.59 Å². The van der Waals surface area contributed by atoms with Crippen LogP contribution in [0.3, 0.4) is 0 Å². The van der Waals surface area contributed by atoms with Crippen LogP contribution in [0.5, 0.6) is 0 Å². The summed E-state index contributed by atoms with van der Waals surface area (Å²) in [5.74, 6) is 0.285. The molecule has 0 spiro atoms. The Labute approximate surface area is 134 Å². The van der Waals surface area contributed by atoms with Gasteiger partial charge in [-0.1, -0.05) is 17.2 Å². The average molecular weight is 312 g/mol. The molecule has 0 unspecified atom stereocenters. The van der Waals surface area contributed by atoms with Crippen LogP contribution in [0.25, 0.3) is 11.3 Å². The number of H-pyrrole nitrogens is 1. The minimum absolute atomic E-state index is 0.0399. The van der Waals surface area contributed by atoms with E-state index in [9.17, 15) is 9.59 Å². The van der Waals surface area contributed by atoms with Crippen LogP contribution < -0.4 is 5.32 Å². The van der Waals surface area contributed by atoms with Gasteiger partial charge in [0, 0.05) is 24.6 Å². The summed E-state index contributed by atoms with van der Waals surface area (Å²) in [7, 11) is 0. The number of carbonyl (C=O) groups excluding carboxylic acids is 2. The molecule has 2 aromatic rings.